The highest BCUT2D eigenvalue weighted by Gasteiger charge is 2.10. The second kappa shape index (κ2) is 6.63. The number of nitrogens with zero attached hydrogens (tertiary/aromatic N) is 2. The van der Waals surface area contributed by atoms with Crippen molar-refractivity contribution in [3.63, 3.8) is 0 Å². The van der Waals surface area contributed by atoms with Gasteiger partial charge in [-0.05, 0) is 47.5 Å². The van der Waals surface area contributed by atoms with Crippen LogP contribution in [0.3, 0.4) is 0 Å². The Balaban J connectivity index is 2.93. The Morgan fingerprint density at radius 2 is 2.24 bits per heavy atom. The first-order valence-electron chi connectivity index (χ1n) is 5.69. The lowest BCUT2D eigenvalue weighted by Crippen LogP contribution is -2.24. The molecule has 1 rings (SSSR count). The Morgan fingerprint density at radius 3 is 2.71 bits per heavy atom. The molecule has 17 heavy (non-hydrogen) atoms. The van der Waals surface area contributed by atoms with Crippen molar-refractivity contribution in [2.45, 2.75) is 26.4 Å². The van der Waals surface area contributed by atoms with Crippen LogP contribution in [0, 0.1) is 11.3 Å². The number of nitriles is 1. The monoisotopic (exact) mass is 296 g/mol. The van der Waals surface area contributed by atoms with Gasteiger partial charge >= 0.3 is 0 Å². The number of hydrogen-bond donors (Lipinski definition) is 1. The molecule has 0 aromatic heterocycles. The highest BCUT2D eigenvalue weighted by Crippen LogP contribution is 2.29. The maximum atomic E-state index is 9.50. The van der Waals surface area contributed by atoms with Gasteiger partial charge in [0.1, 0.15) is 0 Å². The largest absolute Gasteiger partial charge is 0.389 e. The summed E-state index contributed by atoms with van der Waals surface area (Å²) >= 11 is 3.51. The molecule has 4 heteroatoms. The lowest BCUT2D eigenvalue weighted by atomic mass is 10.1. The summed E-state index contributed by atoms with van der Waals surface area (Å²) in [6, 6.07) is 7.98. The van der Waals surface area contributed by atoms with Crippen LogP contribution in [-0.4, -0.2) is 18.2 Å². The van der Waals surface area contributed by atoms with Crippen LogP contribution in [0.15, 0.2) is 22.7 Å². The minimum absolute atomic E-state index is 0.463. The van der Waals surface area contributed by atoms with Crippen molar-refractivity contribution in [1.82, 2.24) is 0 Å². The predicted octanol–water partition coefficient (Wildman–Crippen LogP) is 3.24. The minimum atomic E-state index is -0.463. The maximum Gasteiger partial charge on any atom is 0.0762 e. The molecule has 1 aromatic rings. The Bertz CT molecular complexity index is 412. The van der Waals surface area contributed by atoms with E-state index in [2.05, 4.69) is 33.8 Å². The molecule has 0 amide bonds. The Hall–Kier alpha value is -1.05. The molecule has 0 aliphatic rings. The average Bonchev–Trinajstić information content (AvgIpc) is 2.31. The van der Waals surface area contributed by atoms with Gasteiger partial charge in [0.15, 0.2) is 0 Å². The summed E-state index contributed by atoms with van der Waals surface area (Å²) in [4.78, 5) is 2.14. The quantitative estimate of drug-likeness (QED) is 0.907. The van der Waals surface area contributed by atoms with Crippen molar-refractivity contribution in [1.29, 1.82) is 5.26 Å². The molecular formula is C13H17BrN2O. The number of hydrogen-bond acceptors (Lipinski definition) is 3. The van der Waals surface area contributed by atoms with Gasteiger partial charge in [-0.3, -0.25) is 0 Å². The first-order chi connectivity index (χ1) is 8.10. The van der Waals surface area contributed by atoms with E-state index in [0.717, 1.165) is 28.8 Å². The zero-order chi connectivity index (χ0) is 12.8. The summed E-state index contributed by atoms with van der Waals surface area (Å²) in [5.41, 5.74) is 1.95. The minimum Gasteiger partial charge on any atom is -0.389 e. The number of aliphatic hydroxyl groups is 1. The Labute approximate surface area is 111 Å². The molecule has 0 saturated heterocycles. The number of anilines is 1. The van der Waals surface area contributed by atoms with Gasteiger partial charge in [-0.2, -0.15) is 5.26 Å². The number of halogens is 1. The van der Waals surface area contributed by atoms with Gasteiger partial charge in [0, 0.05) is 17.6 Å². The van der Waals surface area contributed by atoms with E-state index in [1.54, 1.807) is 6.92 Å². The second-order valence-corrected chi connectivity index (χ2v) is 4.73. The van der Waals surface area contributed by atoms with Crippen LogP contribution in [-0.2, 0) is 0 Å². The molecule has 1 aromatic carbocycles. The van der Waals surface area contributed by atoms with E-state index < -0.39 is 6.10 Å². The highest BCUT2D eigenvalue weighted by atomic mass is 79.9. The van der Waals surface area contributed by atoms with E-state index in [-0.39, 0.29) is 0 Å². The van der Waals surface area contributed by atoms with E-state index in [4.69, 9.17) is 5.26 Å². The van der Waals surface area contributed by atoms with Crippen LogP contribution >= 0.6 is 15.9 Å². The van der Waals surface area contributed by atoms with Crippen LogP contribution in [0.2, 0.25) is 0 Å². The van der Waals surface area contributed by atoms with Crippen molar-refractivity contribution < 1.29 is 5.11 Å². The van der Waals surface area contributed by atoms with Gasteiger partial charge in [-0.1, -0.05) is 6.07 Å². The number of benzene rings is 1. The third-order valence-electron chi connectivity index (χ3n) is 2.67. The van der Waals surface area contributed by atoms with Crippen LogP contribution < -0.4 is 4.90 Å². The van der Waals surface area contributed by atoms with Crippen molar-refractivity contribution in [3.05, 3.63) is 28.2 Å². The molecule has 0 spiro atoms. The van der Waals surface area contributed by atoms with E-state index in [0.29, 0.717) is 6.42 Å². The molecule has 0 fully saturated rings. The summed E-state index contributed by atoms with van der Waals surface area (Å²) < 4.78 is 0.954. The normalized spacial score (nSPS) is 11.9. The maximum absolute atomic E-state index is 9.50. The molecule has 0 aliphatic heterocycles. The van der Waals surface area contributed by atoms with Gasteiger partial charge in [0.2, 0.25) is 0 Å². The SMILES string of the molecule is CCN(CCC#N)c1ccc([C@@H](C)O)cc1Br. The van der Waals surface area contributed by atoms with Gasteiger partial charge in [-0.25, -0.2) is 0 Å². The summed E-state index contributed by atoms with van der Waals surface area (Å²) in [7, 11) is 0. The van der Waals surface area contributed by atoms with E-state index in [1.807, 2.05) is 18.2 Å². The van der Waals surface area contributed by atoms with Crippen LogP contribution in [0.1, 0.15) is 31.9 Å². The molecule has 92 valence electrons. The van der Waals surface area contributed by atoms with Gasteiger partial charge in [0.05, 0.1) is 24.3 Å². The lowest BCUT2D eigenvalue weighted by molar-refractivity contribution is 0.199. The first-order valence-corrected chi connectivity index (χ1v) is 6.48. The molecule has 0 radical (unpaired) electrons. The molecule has 0 aliphatic carbocycles. The summed E-state index contributed by atoms with van der Waals surface area (Å²) in [5.74, 6) is 0. The molecule has 0 saturated carbocycles. The fraction of sp³-hybridized carbons (Fsp3) is 0.462. The second-order valence-electron chi connectivity index (χ2n) is 3.87. The number of aliphatic hydroxyl groups excluding tert-OH is 1. The molecular weight excluding hydrogens is 280 g/mol. The van der Waals surface area contributed by atoms with Crippen molar-refractivity contribution in [2.75, 3.05) is 18.0 Å². The Kier molecular flexibility index (Phi) is 5.46. The molecule has 1 N–H and O–H groups in total. The van der Waals surface area contributed by atoms with Crippen LogP contribution in [0.4, 0.5) is 5.69 Å². The van der Waals surface area contributed by atoms with E-state index in [9.17, 15) is 5.11 Å². The summed E-state index contributed by atoms with van der Waals surface area (Å²) in [6.45, 7) is 5.38. The van der Waals surface area contributed by atoms with Gasteiger partial charge in [0.25, 0.3) is 0 Å². The van der Waals surface area contributed by atoms with Crippen molar-refractivity contribution >= 4 is 21.6 Å². The predicted molar refractivity (Wildman–Crippen MR) is 72.9 cm³/mol. The third kappa shape index (κ3) is 3.72. The fourth-order valence-corrected chi connectivity index (χ4v) is 2.32. The zero-order valence-electron chi connectivity index (χ0n) is 10.2. The standard InChI is InChI=1S/C13H17BrN2O/c1-3-16(8-4-7-15)13-6-5-11(10(2)17)9-12(13)14/h5-6,9-10,17H,3-4,8H2,1-2H3/t10-/m1/s1. The molecule has 0 unspecified atom stereocenters. The third-order valence-corrected chi connectivity index (χ3v) is 3.31. The average molecular weight is 297 g/mol. The van der Waals surface area contributed by atoms with E-state index >= 15 is 0 Å². The number of rotatable bonds is 5. The molecule has 0 bridgehead atoms. The topological polar surface area (TPSA) is 47.3 Å². The van der Waals surface area contributed by atoms with Crippen LogP contribution in [0.25, 0.3) is 0 Å². The first kappa shape index (κ1) is 14.0. The molecule has 1 atom stereocenters. The lowest BCUT2D eigenvalue weighted by Gasteiger charge is -2.23. The highest BCUT2D eigenvalue weighted by molar-refractivity contribution is 9.10. The smallest absolute Gasteiger partial charge is 0.0762 e. The van der Waals surface area contributed by atoms with Crippen molar-refractivity contribution in [3.8, 4) is 6.07 Å². The molecule has 0 heterocycles. The van der Waals surface area contributed by atoms with Gasteiger partial charge in [-0.15, -0.1) is 0 Å². The van der Waals surface area contributed by atoms with Crippen LogP contribution in [0.5, 0.6) is 0 Å². The van der Waals surface area contributed by atoms with Crippen molar-refractivity contribution in [2.24, 2.45) is 0 Å². The Morgan fingerprint density at radius 1 is 1.53 bits per heavy atom. The summed E-state index contributed by atoms with van der Waals surface area (Å²) in [6.07, 6.45) is 0.0489. The summed E-state index contributed by atoms with van der Waals surface area (Å²) in [5, 5.41) is 18.1. The van der Waals surface area contributed by atoms with Gasteiger partial charge < -0.3 is 10.0 Å². The molecule has 3 nitrogen and oxygen atoms in total. The fourth-order valence-electron chi connectivity index (χ4n) is 1.67. The van der Waals surface area contributed by atoms with E-state index in [1.165, 1.54) is 0 Å². The zero-order valence-corrected chi connectivity index (χ0v) is 11.7.